The lowest BCUT2D eigenvalue weighted by molar-refractivity contribution is -0.116. The molecule has 1 aromatic rings. The summed E-state index contributed by atoms with van der Waals surface area (Å²) in [6.45, 7) is 7.08. The van der Waals surface area contributed by atoms with E-state index in [2.05, 4.69) is 26.8 Å². The van der Waals surface area contributed by atoms with Crippen LogP contribution in [0.2, 0.25) is 0 Å². The molecule has 0 saturated carbocycles. The largest absolute Gasteiger partial charge is 0.311 e. The van der Waals surface area contributed by atoms with Crippen molar-refractivity contribution in [1.29, 1.82) is 0 Å². The van der Waals surface area contributed by atoms with Crippen LogP contribution in [-0.2, 0) is 11.2 Å². The second-order valence-electron chi connectivity index (χ2n) is 4.91. The number of carbonyl (C=O) groups excluding carboxylic acids is 1. The van der Waals surface area contributed by atoms with Crippen LogP contribution in [0.4, 0.5) is 5.69 Å². The van der Waals surface area contributed by atoms with E-state index in [4.69, 9.17) is 11.6 Å². The minimum atomic E-state index is -0.0195. The Kier molecular flexibility index (Phi) is 6.20. The number of alkyl halides is 1. The fraction of sp³-hybridized carbons (Fsp3) is 0.533. The Morgan fingerprint density at radius 2 is 2.00 bits per heavy atom. The number of aryl methyl sites for hydroxylation is 1. The molecule has 18 heavy (non-hydrogen) atoms. The zero-order valence-electron chi connectivity index (χ0n) is 11.4. The quantitative estimate of drug-likeness (QED) is 0.717. The van der Waals surface area contributed by atoms with Gasteiger partial charge in [0.25, 0.3) is 0 Å². The van der Waals surface area contributed by atoms with Crippen LogP contribution in [0.15, 0.2) is 24.3 Å². The van der Waals surface area contributed by atoms with Crippen LogP contribution >= 0.6 is 11.6 Å². The van der Waals surface area contributed by atoms with Gasteiger partial charge in [-0.2, -0.15) is 0 Å². The van der Waals surface area contributed by atoms with E-state index in [0.717, 1.165) is 18.5 Å². The molecule has 0 aliphatic heterocycles. The second-order valence-corrected chi connectivity index (χ2v) is 5.18. The standard InChI is InChI=1S/C15H22ClNO/c1-4-7-13-8-5-6-9-14(13)17(11-12(2)3)15(18)10-16/h5-6,8-9,12H,4,7,10-11H2,1-3H3. The molecule has 0 heterocycles. The van der Waals surface area contributed by atoms with Crippen LogP contribution in [0.25, 0.3) is 0 Å². The lowest BCUT2D eigenvalue weighted by Crippen LogP contribution is -2.35. The van der Waals surface area contributed by atoms with Gasteiger partial charge in [0.1, 0.15) is 5.88 Å². The number of rotatable bonds is 6. The lowest BCUT2D eigenvalue weighted by atomic mass is 10.1. The molecular formula is C15H22ClNO. The summed E-state index contributed by atoms with van der Waals surface area (Å²) in [5.41, 5.74) is 2.23. The summed E-state index contributed by atoms with van der Waals surface area (Å²) < 4.78 is 0. The van der Waals surface area contributed by atoms with Crippen LogP contribution in [0, 0.1) is 5.92 Å². The van der Waals surface area contributed by atoms with Gasteiger partial charge in [0, 0.05) is 12.2 Å². The minimum absolute atomic E-state index is 0.0195. The molecule has 0 atom stereocenters. The van der Waals surface area contributed by atoms with Gasteiger partial charge in [-0.05, 0) is 24.0 Å². The third-order valence-electron chi connectivity index (χ3n) is 2.76. The van der Waals surface area contributed by atoms with Gasteiger partial charge in [-0.25, -0.2) is 0 Å². The van der Waals surface area contributed by atoms with Gasteiger partial charge >= 0.3 is 0 Å². The van der Waals surface area contributed by atoms with Gasteiger partial charge in [0.05, 0.1) is 0 Å². The van der Waals surface area contributed by atoms with Crippen LogP contribution in [-0.4, -0.2) is 18.3 Å². The molecule has 0 aliphatic carbocycles. The number of halogens is 1. The first-order valence-corrected chi connectivity index (χ1v) is 7.07. The Labute approximate surface area is 115 Å². The summed E-state index contributed by atoms with van der Waals surface area (Å²) >= 11 is 5.72. The first kappa shape index (κ1) is 15.0. The van der Waals surface area contributed by atoms with Crippen molar-refractivity contribution in [3.8, 4) is 0 Å². The van der Waals surface area contributed by atoms with Crippen LogP contribution in [0.1, 0.15) is 32.8 Å². The van der Waals surface area contributed by atoms with Crippen LogP contribution in [0.3, 0.4) is 0 Å². The van der Waals surface area contributed by atoms with Crippen molar-refractivity contribution in [2.45, 2.75) is 33.6 Å². The van der Waals surface area contributed by atoms with E-state index < -0.39 is 0 Å². The van der Waals surface area contributed by atoms with Gasteiger partial charge in [-0.1, -0.05) is 45.4 Å². The molecule has 3 heteroatoms. The molecule has 0 fully saturated rings. The van der Waals surface area contributed by atoms with Crippen LogP contribution < -0.4 is 4.90 Å². The van der Waals surface area contributed by atoms with Crippen molar-refractivity contribution in [3.63, 3.8) is 0 Å². The van der Waals surface area contributed by atoms with Crippen molar-refractivity contribution >= 4 is 23.2 Å². The molecule has 100 valence electrons. The van der Waals surface area contributed by atoms with Gasteiger partial charge < -0.3 is 4.90 Å². The smallest absolute Gasteiger partial charge is 0.241 e. The highest BCUT2D eigenvalue weighted by Gasteiger charge is 2.18. The lowest BCUT2D eigenvalue weighted by Gasteiger charge is -2.26. The third kappa shape index (κ3) is 4.02. The van der Waals surface area contributed by atoms with E-state index in [0.29, 0.717) is 12.5 Å². The fourth-order valence-electron chi connectivity index (χ4n) is 2.03. The van der Waals surface area contributed by atoms with Gasteiger partial charge in [0.2, 0.25) is 5.91 Å². The third-order valence-corrected chi connectivity index (χ3v) is 2.99. The zero-order chi connectivity index (χ0) is 13.5. The summed E-state index contributed by atoms with van der Waals surface area (Å²) in [5.74, 6) is 0.438. The van der Waals surface area contributed by atoms with Gasteiger partial charge in [-0.15, -0.1) is 11.6 Å². The molecule has 0 radical (unpaired) electrons. The summed E-state index contributed by atoms with van der Waals surface area (Å²) in [6.07, 6.45) is 2.06. The Morgan fingerprint density at radius 3 is 2.56 bits per heavy atom. The van der Waals surface area contributed by atoms with E-state index in [1.165, 1.54) is 5.56 Å². The maximum absolute atomic E-state index is 12.0. The number of carbonyl (C=O) groups is 1. The molecule has 0 aliphatic rings. The molecule has 0 saturated heterocycles. The Balaban J connectivity index is 3.07. The monoisotopic (exact) mass is 267 g/mol. The molecule has 0 unspecified atom stereocenters. The van der Waals surface area contributed by atoms with Crippen molar-refractivity contribution in [1.82, 2.24) is 0 Å². The molecule has 0 bridgehead atoms. The van der Waals surface area contributed by atoms with E-state index in [1.807, 2.05) is 23.1 Å². The maximum atomic E-state index is 12.0. The minimum Gasteiger partial charge on any atom is -0.311 e. The molecule has 0 spiro atoms. The second kappa shape index (κ2) is 7.42. The summed E-state index contributed by atoms with van der Waals surface area (Å²) in [4.78, 5) is 13.8. The molecule has 1 rings (SSSR count). The topological polar surface area (TPSA) is 20.3 Å². The number of hydrogen-bond acceptors (Lipinski definition) is 1. The van der Waals surface area contributed by atoms with E-state index in [9.17, 15) is 4.79 Å². The van der Waals surface area contributed by atoms with Crippen molar-refractivity contribution in [2.75, 3.05) is 17.3 Å². The number of anilines is 1. The van der Waals surface area contributed by atoms with Crippen molar-refractivity contribution < 1.29 is 4.79 Å². The molecule has 0 aromatic heterocycles. The fourth-order valence-corrected chi connectivity index (χ4v) is 2.17. The summed E-state index contributed by atoms with van der Waals surface area (Å²) in [5, 5.41) is 0. The van der Waals surface area contributed by atoms with Crippen LogP contribution in [0.5, 0.6) is 0 Å². The highest BCUT2D eigenvalue weighted by Crippen LogP contribution is 2.23. The first-order chi connectivity index (χ1) is 8.60. The molecule has 2 nitrogen and oxygen atoms in total. The molecule has 1 aromatic carbocycles. The van der Waals surface area contributed by atoms with Gasteiger partial charge in [-0.3, -0.25) is 4.79 Å². The predicted octanol–water partition coefficient (Wildman–Crippen LogP) is 3.87. The first-order valence-electron chi connectivity index (χ1n) is 6.54. The number of benzene rings is 1. The maximum Gasteiger partial charge on any atom is 0.241 e. The normalized spacial score (nSPS) is 10.7. The van der Waals surface area contributed by atoms with Gasteiger partial charge in [0.15, 0.2) is 0 Å². The number of hydrogen-bond donors (Lipinski definition) is 0. The molecule has 1 amide bonds. The Bertz CT molecular complexity index is 390. The van der Waals surface area contributed by atoms with E-state index in [1.54, 1.807) is 0 Å². The SMILES string of the molecule is CCCc1ccccc1N(CC(C)C)C(=O)CCl. The molecular weight excluding hydrogens is 246 g/mol. The number of amides is 1. The van der Waals surface area contributed by atoms with E-state index >= 15 is 0 Å². The highest BCUT2D eigenvalue weighted by atomic mass is 35.5. The molecule has 0 N–H and O–H groups in total. The number of para-hydroxylation sites is 1. The van der Waals surface area contributed by atoms with E-state index in [-0.39, 0.29) is 11.8 Å². The number of nitrogens with zero attached hydrogens (tertiary/aromatic N) is 1. The summed E-state index contributed by atoms with van der Waals surface area (Å²) in [7, 11) is 0. The Hall–Kier alpha value is -1.02. The highest BCUT2D eigenvalue weighted by molar-refractivity contribution is 6.29. The Morgan fingerprint density at radius 1 is 1.33 bits per heavy atom. The van der Waals surface area contributed by atoms with Crippen molar-refractivity contribution in [3.05, 3.63) is 29.8 Å². The zero-order valence-corrected chi connectivity index (χ0v) is 12.2. The average molecular weight is 268 g/mol. The predicted molar refractivity (Wildman–Crippen MR) is 78.3 cm³/mol. The average Bonchev–Trinajstić information content (AvgIpc) is 2.36. The van der Waals surface area contributed by atoms with Crippen molar-refractivity contribution in [2.24, 2.45) is 5.92 Å². The summed E-state index contributed by atoms with van der Waals surface area (Å²) in [6, 6.07) is 8.10.